The lowest BCUT2D eigenvalue weighted by Gasteiger charge is -2.15. The molecular weight excluding hydrogens is 265 g/mol. The standard InChI is InChI=1S/C14H12FNS2/c1-16-14(9-4-2-3-5-10(9)15)13-8-12-11(18-13)6-7-17-12/h2-8,14,16H,1H3. The molecule has 0 saturated heterocycles. The molecule has 0 amide bonds. The van der Waals surface area contributed by atoms with Gasteiger partial charge in [-0.05, 0) is 30.6 Å². The Bertz CT molecular complexity index is 643. The highest BCUT2D eigenvalue weighted by molar-refractivity contribution is 7.27. The van der Waals surface area contributed by atoms with E-state index in [1.165, 1.54) is 15.5 Å². The Hall–Kier alpha value is -1.23. The fraction of sp³-hybridized carbons (Fsp3) is 0.143. The second-order valence-corrected chi connectivity index (χ2v) is 6.10. The monoisotopic (exact) mass is 277 g/mol. The molecule has 1 unspecified atom stereocenters. The summed E-state index contributed by atoms with van der Waals surface area (Å²) in [6.45, 7) is 0. The summed E-state index contributed by atoms with van der Waals surface area (Å²) in [5, 5.41) is 5.29. The maximum Gasteiger partial charge on any atom is 0.128 e. The van der Waals surface area contributed by atoms with Crippen LogP contribution in [0.15, 0.2) is 41.8 Å². The van der Waals surface area contributed by atoms with Crippen LogP contribution < -0.4 is 5.32 Å². The summed E-state index contributed by atoms with van der Waals surface area (Å²) < 4.78 is 16.4. The second-order valence-electron chi connectivity index (χ2n) is 4.04. The molecule has 0 radical (unpaired) electrons. The molecule has 18 heavy (non-hydrogen) atoms. The van der Waals surface area contributed by atoms with Gasteiger partial charge in [0, 0.05) is 19.8 Å². The van der Waals surface area contributed by atoms with Gasteiger partial charge in [0.2, 0.25) is 0 Å². The van der Waals surface area contributed by atoms with Gasteiger partial charge >= 0.3 is 0 Å². The van der Waals surface area contributed by atoms with E-state index >= 15 is 0 Å². The van der Waals surface area contributed by atoms with Crippen molar-refractivity contribution in [1.29, 1.82) is 0 Å². The minimum absolute atomic E-state index is 0.0733. The molecule has 1 nitrogen and oxygen atoms in total. The molecule has 0 saturated carbocycles. The molecule has 0 spiro atoms. The van der Waals surface area contributed by atoms with Crippen LogP contribution in [0, 0.1) is 5.82 Å². The summed E-state index contributed by atoms with van der Waals surface area (Å²) in [5.74, 6) is -0.159. The molecule has 3 rings (SSSR count). The maximum absolute atomic E-state index is 13.9. The third-order valence-corrected chi connectivity index (χ3v) is 5.11. The molecule has 4 heteroatoms. The van der Waals surface area contributed by atoms with E-state index in [4.69, 9.17) is 0 Å². The lowest BCUT2D eigenvalue weighted by Crippen LogP contribution is -2.17. The van der Waals surface area contributed by atoms with Gasteiger partial charge in [-0.1, -0.05) is 18.2 Å². The fourth-order valence-corrected chi connectivity index (χ4v) is 4.34. The summed E-state index contributed by atoms with van der Waals surface area (Å²) in [4.78, 5) is 1.16. The van der Waals surface area contributed by atoms with E-state index in [1.54, 1.807) is 28.7 Å². The van der Waals surface area contributed by atoms with Gasteiger partial charge in [0.25, 0.3) is 0 Å². The molecule has 0 fully saturated rings. The quantitative estimate of drug-likeness (QED) is 0.747. The zero-order chi connectivity index (χ0) is 12.5. The first-order valence-electron chi connectivity index (χ1n) is 5.68. The Balaban J connectivity index is 2.07. The highest BCUT2D eigenvalue weighted by Gasteiger charge is 2.18. The molecule has 1 N–H and O–H groups in total. The normalized spacial score (nSPS) is 13.0. The first-order valence-corrected chi connectivity index (χ1v) is 7.38. The molecular formula is C14H12FNS2. The predicted octanol–water partition coefficient (Wildman–Crippen LogP) is 4.41. The highest BCUT2D eigenvalue weighted by atomic mass is 32.1. The Morgan fingerprint density at radius 2 is 2.00 bits per heavy atom. The molecule has 3 aromatic rings. The molecule has 1 atom stereocenters. The second kappa shape index (κ2) is 4.80. The van der Waals surface area contributed by atoms with Crippen LogP contribution >= 0.6 is 22.7 Å². The van der Waals surface area contributed by atoms with E-state index in [0.29, 0.717) is 5.56 Å². The van der Waals surface area contributed by atoms with Crippen molar-refractivity contribution in [2.75, 3.05) is 7.05 Å². The number of nitrogens with one attached hydrogen (secondary N) is 1. The van der Waals surface area contributed by atoms with Gasteiger partial charge < -0.3 is 5.32 Å². The summed E-state index contributed by atoms with van der Waals surface area (Å²) in [7, 11) is 1.87. The fourth-order valence-electron chi connectivity index (χ4n) is 2.09. The lowest BCUT2D eigenvalue weighted by molar-refractivity contribution is 0.579. The Kier molecular flexibility index (Phi) is 3.16. The molecule has 0 bridgehead atoms. The maximum atomic E-state index is 13.9. The van der Waals surface area contributed by atoms with E-state index in [9.17, 15) is 4.39 Å². The molecule has 0 aliphatic rings. The molecule has 1 aromatic carbocycles. The van der Waals surface area contributed by atoms with E-state index in [1.807, 2.05) is 19.2 Å². The predicted molar refractivity (Wildman–Crippen MR) is 77.0 cm³/mol. The molecule has 2 heterocycles. The van der Waals surface area contributed by atoms with Crippen molar-refractivity contribution in [2.24, 2.45) is 0 Å². The third kappa shape index (κ3) is 1.96. The summed E-state index contributed by atoms with van der Waals surface area (Å²) in [6, 6.07) is 11.1. The molecule has 2 aromatic heterocycles. The van der Waals surface area contributed by atoms with Gasteiger partial charge in [0.05, 0.1) is 6.04 Å². The Morgan fingerprint density at radius 1 is 1.17 bits per heavy atom. The number of hydrogen-bond donors (Lipinski definition) is 1. The van der Waals surface area contributed by atoms with Crippen molar-refractivity contribution >= 4 is 32.1 Å². The van der Waals surface area contributed by atoms with E-state index in [0.717, 1.165) is 4.88 Å². The van der Waals surface area contributed by atoms with Crippen molar-refractivity contribution in [1.82, 2.24) is 5.32 Å². The van der Waals surface area contributed by atoms with Gasteiger partial charge in [-0.25, -0.2) is 4.39 Å². The van der Waals surface area contributed by atoms with Gasteiger partial charge in [-0.2, -0.15) is 0 Å². The number of thiophene rings is 2. The van der Waals surface area contributed by atoms with Crippen molar-refractivity contribution in [3.8, 4) is 0 Å². The topological polar surface area (TPSA) is 12.0 Å². The van der Waals surface area contributed by atoms with E-state index in [-0.39, 0.29) is 11.9 Å². The zero-order valence-corrected chi connectivity index (χ0v) is 11.4. The van der Waals surface area contributed by atoms with Crippen LogP contribution in [0.1, 0.15) is 16.5 Å². The van der Waals surface area contributed by atoms with Crippen molar-refractivity contribution < 1.29 is 4.39 Å². The van der Waals surface area contributed by atoms with Crippen LogP contribution in [0.3, 0.4) is 0 Å². The third-order valence-electron chi connectivity index (χ3n) is 2.95. The van der Waals surface area contributed by atoms with Crippen LogP contribution in [-0.4, -0.2) is 7.05 Å². The van der Waals surface area contributed by atoms with Crippen LogP contribution in [-0.2, 0) is 0 Å². The van der Waals surface area contributed by atoms with Gasteiger partial charge in [-0.3, -0.25) is 0 Å². The van der Waals surface area contributed by atoms with Crippen molar-refractivity contribution in [3.05, 3.63) is 58.0 Å². The van der Waals surface area contributed by atoms with Crippen LogP contribution in [0.2, 0.25) is 0 Å². The Labute approximate surface area is 113 Å². The summed E-state index contributed by atoms with van der Waals surface area (Å²) >= 11 is 3.45. The van der Waals surface area contributed by atoms with Crippen molar-refractivity contribution in [3.63, 3.8) is 0 Å². The Morgan fingerprint density at radius 3 is 2.72 bits per heavy atom. The molecule has 0 aliphatic heterocycles. The number of halogens is 1. The number of fused-ring (bicyclic) bond motifs is 1. The van der Waals surface area contributed by atoms with Gasteiger partial charge in [0.1, 0.15) is 5.82 Å². The van der Waals surface area contributed by atoms with E-state index in [2.05, 4.69) is 22.8 Å². The molecule has 0 aliphatic carbocycles. The SMILES string of the molecule is CNC(c1cc2sccc2s1)c1ccccc1F. The summed E-state index contributed by atoms with van der Waals surface area (Å²) in [5.41, 5.74) is 0.703. The largest absolute Gasteiger partial charge is 0.309 e. The van der Waals surface area contributed by atoms with E-state index < -0.39 is 0 Å². The van der Waals surface area contributed by atoms with Crippen LogP contribution in [0.25, 0.3) is 9.40 Å². The van der Waals surface area contributed by atoms with Gasteiger partial charge in [-0.15, -0.1) is 22.7 Å². The van der Waals surface area contributed by atoms with Crippen LogP contribution in [0.4, 0.5) is 4.39 Å². The summed E-state index contributed by atoms with van der Waals surface area (Å²) in [6.07, 6.45) is 0. The first-order chi connectivity index (χ1) is 8.79. The van der Waals surface area contributed by atoms with Crippen molar-refractivity contribution in [2.45, 2.75) is 6.04 Å². The zero-order valence-electron chi connectivity index (χ0n) is 9.81. The number of benzene rings is 1. The average molecular weight is 277 g/mol. The molecule has 92 valence electrons. The number of hydrogen-bond acceptors (Lipinski definition) is 3. The number of rotatable bonds is 3. The van der Waals surface area contributed by atoms with Gasteiger partial charge in [0.15, 0.2) is 0 Å². The lowest BCUT2D eigenvalue weighted by atomic mass is 10.1. The smallest absolute Gasteiger partial charge is 0.128 e. The minimum Gasteiger partial charge on any atom is -0.309 e. The average Bonchev–Trinajstić information content (AvgIpc) is 2.93. The first kappa shape index (κ1) is 11.8. The van der Waals surface area contributed by atoms with Crippen LogP contribution in [0.5, 0.6) is 0 Å². The highest BCUT2D eigenvalue weighted by Crippen LogP contribution is 2.36. The minimum atomic E-state index is -0.159.